The maximum absolute atomic E-state index is 13.0. The van der Waals surface area contributed by atoms with Crippen LogP contribution in [0.15, 0.2) is 52.6 Å². The van der Waals surface area contributed by atoms with Crippen LogP contribution in [0.4, 0.5) is 5.69 Å². The second kappa shape index (κ2) is 8.93. The standard InChI is InChI=1S/C23H27Cl2N3O/c1-15-13-17(25)9-12-20(15)22-27-21(23(29)26-18-5-3-2-4-6-18)14-28(22)19-10-7-16(24)8-11-19/h7-12,17-18,21H,2-6,13-14H2,1H3,(H,26,29). The van der Waals surface area contributed by atoms with Crippen molar-refractivity contribution in [2.24, 2.45) is 4.99 Å². The summed E-state index contributed by atoms with van der Waals surface area (Å²) in [6.45, 7) is 2.62. The van der Waals surface area contributed by atoms with Crippen LogP contribution in [0.1, 0.15) is 45.4 Å². The van der Waals surface area contributed by atoms with Crippen molar-refractivity contribution in [2.75, 3.05) is 11.4 Å². The molecule has 2 aliphatic carbocycles. The number of rotatable bonds is 4. The molecular weight excluding hydrogens is 405 g/mol. The van der Waals surface area contributed by atoms with Crippen LogP contribution in [-0.2, 0) is 4.79 Å². The number of nitrogens with one attached hydrogen (secondary N) is 1. The summed E-state index contributed by atoms with van der Waals surface area (Å²) in [4.78, 5) is 20.0. The molecule has 2 unspecified atom stereocenters. The Balaban J connectivity index is 1.60. The fourth-order valence-electron chi connectivity index (χ4n) is 4.35. The van der Waals surface area contributed by atoms with E-state index in [-0.39, 0.29) is 17.3 Å². The molecule has 2 atom stereocenters. The van der Waals surface area contributed by atoms with Crippen LogP contribution in [0.5, 0.6) is 0 Å². The number of benzene rings is 1. The van der Waals surface area contributed by atoms with Crippen LogP contribution in [0.3, 0.4) is 0 Å². The molecule has 1 N–H and O–H groups in total. The number of carbonyl (C=O) groups is 1. The number of halogens is 2. The first-order valence-corrected chi connectivity index (χ1v) is 11.3. The molecule has 0 saturated heterocycles. The van der Waals surface area contributed by atoms with Gasteiger partial charge in [-0.15, -0.1) is 11.6 Å². The van der Waals surface area contributed by atoms with Crippen LogP contribution in [-0.4, -0.2) is 35.7 Å². The Morgan fingerprint density at radius 1 is 1.17 bits per heavy atom. The van der Waals surface area contributed by atoms with Gasteiger partial charge in [-0.3, -0.25) is 9.79 Å². The van der Waals surface area contributed by atoms with E-state index < -0.39 is 6.04 Å². The molecule has 4 rings (SSSR count). The normalized spacial score (nSPS) is 25.3. The monoisotopic (exact) mass is 431 g/mol. The summed E-state index contributed by atoms with van der Waals surface area (Å²) < 4.78 is 0. The van der Waals surface area contributed by atoms with Crippen molar-refractivity contribution < 1.29 is 4.79 Å². The SMILES string of the molecule is CC1=C(C2=NC(C(=O)NC3CCCCC3)CN2c2ccc(Cl)cc2)C=CC(Cl)C1. The number of hydrogen-bond acceptors (Lipinski definition) is 3. The Kier molecular flexibility index (Phi) is 6.31. The van der Waals surface area contributed by atoms with Crippen LogP contribution in [0.25, 0.3) is 0 Å². The number of anilines is 1. The first-order chi connectivity index (χ1) is 14.0. The summed E-state index contributed by atoms with van der Waals surface area (Å²) in [5.41, 5.74) is 3.24. The number of amidine groups is 1. The first kappa shape index (κ1) is 20.5. The minimum Gasteiger partial charge on any atom is -0.351 e. The van der Waals surface area contributed by atoms with Gasteiger partial charge in [0, 0.05) is 22.3 Å². The molecule has 1 amide bonds. The Morgan fingerprint density at radius 2 is 1.90 bits per heavy atom. The van der Waals surface area contributed by atoms with Crippen LogP contribution in [0.2, 0.25) is 5.02 Å². The summed E-state index contributed by atoms with van der Waals surface area (Å²) in [6.07, 6.45) is 10.6. The summed E-state index contributed by atoms with van der Waals surface area (Å²) >= 11 is 12.4. The van der Waals surface area contributed by atoms with Gasteiger partial charge in [0.15, 0.2) is 0 Å². The average molecular weight is 432 g/mol. The minimum absolute atomic E-state index is 0.00938. The molecule has 0 aromatic heterocycles. The van der Waals surface area contributed by atoms with E-state index in [1.54, 1.807) is 0 Å². The zero-order valence-electron chi connectivity index (χ0n) is 16.7. The van der Waals surface area contributed by atoms with Gasteiger partial charge in [0.1, 0.15) is 11.9 Å². The lowest BCUT2D eigenvalue weighted by Gasteiger charge is -2.25. The zero-order chi connectivity index (χ0) is 20.4. The Bertz CT molecular complexity index is 853. The second-order valence-electron chi connectivity index (χ2n) is 8.17. The number of hydrogen-bond donors (Lipinski definition) is 1. The molecule has 0 radical (unpaired) electrons. The highest BCUT2D eigenvalue weighted by Crippen LogP contribution is 2.30. The van der Waals surface area contributed by atoms with Crippen molar-refractivity contribution in [3.63, 3.8) is 0 Å². The van der Waals surface area contributed by atoms with Crippen molar-refractivity contribution in [1.29, 1.82) is 0 Å². The number of allylic oxidation sites excluding steroid dienone is 2. The molecule has 1 aromatic carbocycles. The lowest BCUT2D eigenvalue weighted by atomic mass is 9.95. The van der Waals surface area contributed by atoms with Gasteiger partial charge in [-0.2, -0.15) is 0 Å². The van der Waals surface area contributed by atoms with E-state index in [9.17, 15) is 4.79 Å². The van der Waals surface area contributed by atoms with Crippen molar-refractivity contribution in [3.05, 3.63) is 52.6 Å². The third kappa shape index (κ3) is 4.70. The Labute approximate surface area is 182 Å². The molecule has 1 saturated carbocycles. The summed E-state index contributed by atoms with van der Waals surface area (Å²) in [6, 6.07) is 7.57. The highest BCUT2D eigenvalue weighted by atomic mass is 35.5. The van der Waals surface area contributed by atoms with Crippen molar-refractivity contribution >= 4 is 40.6 Å². The minimum atomic E-state index is -0.412. The summed E-state index contributed by atoms with van der Waals surface area (Å²) in [5.74, 6) is 0.868. The lowest BCUT2D eigenvalue weighted by molar-refractivity contribution is -0.122. The zero-order valence-corrected chi connectivity index (χ0v) is 18.2. The lowest BCUT2D eigenvalue weighted by Crippen LogP contribution is -2.43. The van der Waals surface area contributed by atoms with Crippen molar-refractivity contribution in [1.82, 2.24) is 5.32 Å². The molecule has 6 heteroatoms. The van der Waals surface area contributed by atoms with Crippen molar-refractivity contribution in [3.8, 4) is 0 Å². The van der Waals surface area contributed by atoms with Crippen LogP contribution in [0, 0.1) is 0 Å². The van der Waals surface area contributed by atoms with Gasteiger partial charge in [-0.05, 0) is 50.5 Å². The molecule has 29 heavy (non-hydrogen) atoms. The van der Waals surface area contributed by atoms with Gasteiger partial charge >= 0.3 is 0 Å². The third-order valence-electron chi connectivity index (χ3n) is 5.96. The van der Waals surface area contributed by atoms with E-state index in [2.05, 4.69) is 17.1 Å². The van der Waals surface area contributed by atoms with Gasteiger partial charge in [0.2, 0.25) is 5.91 Å². The molecular formula is C23H27Cl2N3O. The summed E-state index contributed by atoms with van der Waals surface area (Å²) in [5, 5.41) is 3.93. The predicted octanol–water partition coefficient (Wildman–Crippen LogP) is 5.26. The van der Waals surface area contributed by atoms with Crippen LogP contribution >= 0.6 is 23.2 Å². The number of nitrogens with zero attached hydrogens (tertiary/aromatic N) is 2. The van der Waals surface area contributed by atoms with E-state index in [1.165, 1.54) is 24.8 Å². The largest absolute Gasteiger partial charge is 0.351 e. The molecule has 4 nitrogen and oxygen atoms in total. The third-order valence-corrected chi connectivity index (χ3v) is 6.51. The van der Waals surface area contributed by atoms with Gasteiger partial charge < -0.3 is 10.2 Å². The molecule has 1 aliphatic heterocycles. The van der Waals surface area contributed by atoms with Crippen LogP contribution < -0.4 is 10.2 Å². The van der Waals surface area contributed by atoms with Gasteiger partial charge in [0.25, 0.3) is 0 Å². The number of carbonyl (C=O) groups excluding carboxylic acids is 1. The fourth-order valence-corrected chi connectivity index (χ4v) is 4.78. The van der Waals surface area contributed by atoms with Gasteiger partial charge in [-0.1, -0.05) is 48.6 Å². The average Bonchev–Trinajstić information content (AvgIpc) is 3.14. The van der Waals surface area contributed by atoms with E-state index in [4.69, 9.17) is 28.2 Å². The number of amides is 1. The number of aliphatic imine (C=N–C) groups is 1. The Morgan fingerprint density at radius 3 is 2.59 bits per heavy atom. The smallest absolute Gasteiger partial charge is 0.246 e. The predicted molar refractivity (Wildman–Crippen MR) is 121 cm³/mol. The molecule has 0 bridgehead atoms. The van der Waals surface area contributed by atoms with E-state index >= 15 is 0 Å². The molecule has 1 aromatic rings. The molecule has 0 spiro atoms. The van der Waals surface area contributed by atoms with E-state index in [0.29, 0.717) is 11.6 Å². The second-order valence-corrected chi connectivity index (χ2v) is 9.17. The maximum atomic E-state index is 13.0. The Hall–Kier alpha value is -1.78. The van der Waals surface area contributed by atoms with Crippen molar-refractivity contribution in [2.45, 2.75) is 62.9 Å². The van der Waals surface area contributed by atoms with E-state index in [1.807, 2.05) is 36.4 Å². The molecule has 3 aliphatic rings. The molecule has 1 fully saturated rings. The highest BCUT2D eigenvalue weighted by Gasteiger charge is 2.34. The highest BCUT2D eigenvalue weighted by molar-refractivity contribution is 6.30. The topological polar surface area (TPSA) is 44.7 Å². The quantitative estimate of drug-likeness (QED) is 0.660. The summed E-state index contributed by atoms with van der Waals surface area (Å²) in [7, 11) is 0. The number of alkyl halides is 1. The van der Waals surface area contributed by atoms with E-state index in [0.717, 1.165) is 36.4 Å². The van der Waals surface area contributed by atoms with Gasteiger partial charge in [-0.25, -0.2) is 0 Å². The molecule has 1 heterocycles. The maximum Gasteiger partial charge on any atom is 0.246 e. The first-order valence-electron chi connectivity index (χ1n) is 10.4. The van der Waals surface area contributed by atoms with Gasteiger partial charge in [0.05, 0.1) is 11.9 Å². The fraction of sp³-hybridized carbons (Fsp3) is 0.478. The molecule has 154 valence electrons.